The molecule has 0 spiro atoms. The molecule has 2 aromatic heterocycles. The van der Waals surface area contributed by atoms with Crippen LogP contribution in [-0.2, 0) is 6.54 Å². The van der Waals surface area contributed by atoms with E-state index in [1.807, 2.05) is 59.9 Å². The van der Waals surface area contributed by atoms with Gasteiger partial charge in [-0.25, -0.2) is 0 Å². The van der Waals surface area contributed by atoms with Gasteiger partial charge in [0.15, 0.2) is 10.9 Å². The number of rotatable bonds is 7. The number of methoxy groups -OCH3 is 1. The summed E-state index contributed by atoms with van der Waals surface area (Å²) in [5.41, 5.74) is 2.17. The Balaban J connectivity index is 1.57. The second-order valence-corrected chi connectivity index (χ2v) is 9.17. The molecular formula is C26H22N4O3S. The van der Waals surface area contributed by atoms with Crippen molar-refractivity contribution in [2.45, 2.75) is 23.9 Å². The summed E-state index contributed by atoms with van der Waals surface area (Å²) in [6, 6.07) is 24.2. The Morgan fingerprint density at radius 3 is 2.41 bits per heavy atom. The summed E-state index contributed by atoms with van der Waals surface area (Å²) in [6.07, 6.45) is 0. The molecule has 1 atom stereocenters. The third kappa shape index (κ3) is 3.97. The van der Waals surface area contributed by atoms with Crippen LogP contribution in [0.3, 0.4) is 0 Å². The molecule has 0 radical (unpaired) electrons. The van der Waals surface area contributed by atoms with E-state index in [0.717, 1.165) is 5.56 Å². The van der Waals surface area contributed by atoms with Crippen LogP contribution in [0.4, 0.5) is 0 Å². The predicted octanol–water partition coefficient (Wildman–Crippen LogP) is 4.46. The van der Waals surface area contributed by atoms with Crippen LogP contribution in [-0.4, -0.2) is 37.3 Å². The van der Waals surface area contributed by atoms with Gasteiger partial charge in [-0.1, -0.05) is 54.2 Å². The van der Waals surface area contributed by atoms with Gasteiger partial charge in [-0.2, -0.15) is 0 Å². The van der Waals surface area contributed by atoms with Crippen molar-refractivity contribution in [3.63, 3.8) is 0 Å². The number of thioether (sulfide) groups is 1. The number of benzene rings is 3. The van der Waals surface area contributed by atoms with E-state index in [-0.39, 0.29) is 11.3 Å². The minimum atomic E-state index is -0.408. The van der Waals surface area contributed by atoms with Crippen molar-refractivity contribution in [2.75, 3.05) is 7.11 Å². The molecule has 0 fully saturated rings. The Morgan fingerprint density at radius 1 is 0.971 bits per heavy atom. The molecule has 3 aromatic carbocycles. The highest BCUT2D eigenvalue weighted by molar-refractivity contribution is 8.00. The topological polar surface area (TPSA) is 78.5 Å². The fourth-order valence-electron chi connectivity index (χ4n) is 3.92. The van der Waals surface area contributed by atoms with Crippen LogP contribution in [0, 0.1) is 0 Å². The van der Waals surface area contributed by atoms with Crippen molar-refractivity contribution in [3.05, 3.63) is 100 Å². The maximum atomic E-state index is 13.3. The van der Waals surface area contributed by atoms with Crippen molar-refractivity contribution in [2.24, 2.45) is 0 Å². The molecule has 0 amide bonds. The van der Waals surface area contributed by atoms with Crippen LogP contribution in [0.2, 0.25) is 0 Å². The standard InChI is InChI=1S/C26H22N4O3S/c1-17(23(31)19-12-14-20(33-2)15-13-19)34-26-28-27-25-29(16-18-8-4-3-5-9-18)24(32)21-10-6-7-11-22(21)30(25)26/h3-15,17H,16H2,1-2H3. The van der Waals surface area contributed by atoms with E-state index in [9.17, 15) is 9.59 Å². The maximum absolute atomic E-state index is 13.3. The Hall–Kier alpha value is -3.91. The van der Waals surface area contributed by atoms with Crippen molar-refractivity contribution in [1.29, 1.82) is 0 Å². The van der Waals surface area contributed by atoms with Gasteiger partial charge in [0.1, 0.15) is 5.75 Å². The number of hydrogen-bond acceptors (Lipinski definition) is 6. The molecule has 0 aliphatic heterocycles. The molecule has 1 unspecified atom stereocenters. The largest absolute Gasteiger partial charge is 0.497 e. The van der Waals surface area contributed by atoms with Gasteiger partial charge >= 0.3 is 0 Å². The molecule has 34 heavy (non-hydrogen) atoms. The Labute approximate surface area is 200 Å². The fraction of sp³-hybridized carbons (Fsp3) is 0.154. The van der Waals surface area contributed by atoms with Gasteiger partial charge in [0.2, 0.25) is 5.78 Å². The van der Waals surface area contributed by atoms with Crippen molar-refractivity contribution in [3.8, 4) is 5.75 Å². The van der Waals surface area contributed by atoms with Crippen molar-refractivity contribution in [1.82, 2.24) is 19.2 Å². The number of carbonyl (C=O) groups excluding carboxylic acids is 1. The number of nitrogens with zero attached hydrogens (tertiary/aromatic N) is 4. The highest BCUT2D eigenvalue weighted by Gasteiger charge is 2.22. The van der Waals surface area contributed by atoms with Gasteiger partial charge in [-0.3, -0.25) is 18.6 Å². The summed E-state index contributed by atoms with van der Waals surface area (Å²) in [5.74, 6) is 1.12. The number of carbonyl (C=O) groups is 1. The van der Waals surface area contributed by atoms with Gasteiger partial charge in [-0.15, -0.1) is 10.2 Å². The Kier molecular flexibility index (Phi) is 5.90. The summed E-state index contributed by atoms with van der Waals surface area (Å²) < 4.78 is 8.67. The first-order valence-electron chi connectivity index (χ1n) is 10.8. The lowest BCUT2D eigenvalue weighted by Gasteiger charge is -2.13. The zero-order valence-electron chi connectivity index (χ0n) is 18.7. The summed E-state index contributed by atoms with van der Waals surface area (Å²) >= 11 is 1.32. The average Bonchev–Trinajstić information content (AvgIpc) is 3.30. The van der Waals surface area contributed by atoms with Crippen molar-refractivity contribution >= 4 is 34.2 Å². The van der Waals surface area contributed by atoms with E-state index < -0.39 is 5.25 Å². The van der Waals surface area contributed by atoms with E-state index in [1.165, 1.54) is 11.8 Å². The van der Waals surface area contributed by atoms with Crippen LogP contribution in [0.5, 0.6) is 5.75 Å². The lowest BCUT2D eigenvalue weighted by atomic mass is 10.1. The lowest BCUT2D eigenvalue weighted by molar-refractivity contribution is 0.0994. The smallest absolute Gasteiger partial charge is 0.263 e. The highest BCUT2D eigenvalue weighted by atomic mass is 32.2. The van der Waals surface area contributed by atoms with Gasteiger partial charge in [-0.05, 0) is 48.9 Å². The zero-order valence-corrected chi connectivity index (χ0v) is 19.5. The van der Waals surface area contributed by atoms with E-state index in [0.29, 0.717) is 39.7 Å². The van der Waals surface area contributed by atoms with E-state index >= 15 is 0 Å². The van der Waals surface area contributed by atoms with Crippen LogP contribution >= 0.6 is 11.8 Å². The molecule has 2 heterocycles. The minimum absolute atomic E-state index is 0.0219. The molecule has 0 N–H and O–H groups in total. The number of ketones is 1. The minimum Gasteiger partial charge on any atom is -0.497 e. The first-order valence-corrected chi connectivity index (χ1v) is 11.7. The number of aromatic nitrogens is 4. The number of Topliss-reactive ketones (excluding diaryl/α,β-unsaturated/α-hetero) is 1. The van der Waals surface area contributed by atoms with Gasteiger partial charge in [0.05, 0.1) is 29.8 Å². The average molecular weight is 471 g/mol. The normalized spacial score (nSPS) is 12.2. The molecule has 0 bridgehead atoms. The third-order valence-corrected chi connectivity index (χ3v) is 6.73. The Morgan fingerprint density at radius 2 is 1.68 bits per heavy atom. The SMILES string of the molecule is COc1ccc(C(=O)C(C)Sc2nnc3n(Cc4ccccc4)c(=O)c4ccccc4n23)cc1. The molecule has 0 saturated carbocycles. The first kappa shape index (κ1) is 21.9. The fourth-order valence-corrected chi connectivity index (χ4v) is 4.85. The van der Waals surface area contributed by atoms with Crippen LogP contribution in [0.25, 0.3) is 16.7 Å². The van der Waals surface area contributed by atoms with Crippen molar-refractivity contribution < 1.29 is 9.53 Å². The summed E-state index contributed by atoms with van der Waals surface area (Å²) in [5, 5.41) is 9.46. The quantitative estimate of drug-likeness (QED) is 0.258. The summed E-state index contributed by atoms with van der Waals surface area (Å²) in [4.78, 5) is 26.4. The first-order chi connectivity index (χ1) is 16.6. The number of para-hydroxylation sites is 1. The third-order valence-electron chi connectivity index (χ3n) is 5.69. The Bertz CT molecular complexity index is 1540. The van der Waals surface area contributed by atoms with Gasteiger partial charge in [0, 0.05) is 5.56 Å². The number of fused-ring (bicyclic) bond motifs is 3. The molecule has 0 saturated heterocycles. The summed E-state index contributed by atoms with van der Waals surface area (Å²) in [6.45, 7) is 2.22. The molecular weight excluding hydrogens is 448 g/mol. The predicted molar refractivity (Wildman–Crippen MR) is 133 cm³/mol. The zero-order chi connectivity index (χ0) is 23.7. The van der Waals surface area contributed by atoms with Crippen LogP contribution in [0.1, 0.15) is 22.8 Å². The molecule has 0 aliphatic carbocycles. The molecule has 170 valence electrons. The van der Waals surface area contributed by atoms with E-state index in [4.69, 9.17) is 4.74 Å². The van der Waals surface area contributed by atoms with Crippen LogP contribution in [0.15, 0.2) is 88.8 Å². The molecule has 0 aliphatic rings. The monoisotopic (exact) mass is 470 g/mol. The second kappa shape index (κ2) is 9.15. The maximum Gasteiger partial charge on any atom is 0.263 e. The van der Waals surface area contributed by atoms with Gasteiger partial charge in [0.25, 0.3) is 5.56 Å². The number of ether oxygens (including phenoxy) is 1. The molecule has 7 nitrogen and oxygen atoms in total. The molecule has 5 aromatic rings. The second-order valence-electron chi connectivity index (χ2n) is 7.86. The van der Waals surface area contributed by atoms with Gasteiger partial charge < -0.3 is 4.74 Å². The summed E-state index contributed by atoms with van der Waals surface area (Å²) in [7, 11) is 1.59. The van der Waals surface area contributed by atoms with Crippen LogP contribution < -0.4 is 10.3 Å². The number of hydrogen-bond donors (Lipinski definition) is 0. The molecule has 5 rings (SSSR count). The lowest BCUT2D eigenvalue weighted by Crippen LogP contribution is -2.24. The molecule has 8 heteroatoms. The highest BCUT2D eigenvalue weighted by Crippen LogP contribution is 2.27. The van der Waals surface area contributed by atoms with E-state index in [1.54, 1.807) is 42.0 Å². The van der Waals surface area contributed by atoms with E-state index in [2.05, 4.69) is 10.2 Å².